The Bertz CT molecular complexity index is 715. The molecule has 1 heterocycles. The SMILES string of the molecule is CCN1CCCC1CNCc1cccc(OC)c1OCc1ccc(C)cc1. The Morgan fingerprint density at radius 3 is 2.70 bits per heavy atom. The normalized spacial score (nSPS) is 17.2. The quantitative estimate of drug-likeness (QED) is 0.721. The highest BCUT2D eigenvalue weighted by Crippen LogP contribution is 2.32. The number of hydrogen-bond donors (Lipinski definition) is 1. The van der Waals surface area contributed by atoms with E-state index in [4.69, 9.17) is 9.47 Å². The fourth-order valence-corrected chi connectivity index (χ4v) is 3.78. The van der Waals surface area contributed by atoms with Gasteiger partial charge in [0.05, 0.1) is 7.11 Å². The maximum atomic E-state index is 6.17. The van der Waals surface area contributed by atoms with Crippen molar-refractivity contribution >= 4 is 0 Å². The van der Waals surface area contributed by atoms with Crippen LogP contribution in [0.25, 0.3) is 0 Å². The van der Waals surface area contributed by atoms with Gasteiger partial charge in [0.2, 0.25) is 0 Å². The molecule has 0 aromatic heterocycles. The van der Waals surface area contributed by atoms with E-state index in [1.54, 1.807) is 7.11 Å². The molecule has 1 saturated heterocycles. The minimum atomic E-state index is 0.542. The summed E-state index contributed by atoms with van der Waals surface area (Å²) in [5, 5.41) is 3.63. The second kappa shape index (κ2) is 9.77. The lowest BCUT2D eigenvalue weighted by atomic mass is 10.1. The number of likely N-dealkylation sites (N-methyl/N-ethyl adjacent to an activating group) is 1. The Balaban J connectivity index is 1.63. The van der Waals surface area contributed by atoms with Gasteiger partial charge >= 0.3 is 0 Å². The molecule has 0 saturated carbocycles. The van der Waals surface area contributed by atoms with Crippen LogP contribution in [-0.4, -0.2) is 37.7 Å². The second-order valence-electron chi connectivity index (χ2n) is 7.28. The molecule has 1 atom stereocenters. The van der Waals surface area contributed by atoms with Crippen molar-refractivity contribution in [3.63, 3.8) is 0 Å². The average molecular weight is 369 g/mol. The van der Waals surface area contributed by atoms with Gasteiger partial charge < -0.3 is 14.8 Å². The van der Waals surface area contributed by atoms with Gasteiger partial charge in [-0.15, -0.1) is 0 Å². The van der Waals surface area contributed by atoms with Crippen molar-refractivity contribution in [1.29, 1.82) is 0 Å². The highest BCUT2D eigenvalue weighted by molar-refractivity contribution is 5.46. The second-order valence-corrected chi connectivity index (χ2v) is 7.28. The molecule has 4 heteroatoms. The van der Waals surface area contributed by atoms with Crippen molar-refractivity contribution in [3.05, 3.63) is 59.2 Å². The molecule has 1 unspecified atom stereocenters. The van der Waals surface area contributed by atoms with E-state index in [1.807, 2.05) is 12.1 Å². The number of rotatable bonds is 9. The Labute approximate surface area is 163 Å². The maximum Gasteiger partial charge on any atom is 0.166 e. The van der Waals surface area contributed by atoms with Crippen LogP contribution in [0.15, 0.2) is 42.5 Å². The summed E-state index contributed by atoms with van der Waals surface area (Å²) >= 11 is 0. The molecule has 1 aliphatic heterocycles. The molecule has 1 aliphatic rings. The number of aryl methyl sites for hydroxylation is 1. The first-order chi connectivity index (χ1) is 13.2. The number of nitrogens with one attached hydrogen (secondary N) is 1. The van der Waals surface area contributed by atoms with E-state index < -0.39 is 0 Å². The van der Waals surface area contributed by atoms with Gasteiger partial charge in [-0.3, -0.25) is 4.90 Å². The smallest absolute Gasteiger partial charge is 0.166 e. The third kappa shape index (κ3) is 5.24. The first-order valence-electron chi connectivity index (χ1n) is 10.00. The summed E-state index contributed by atoms with van der Waals surface area (Å²) in [6.45, 7) is 9.05. The molecule has 2 aromatic rings. The number of benzene rings is 2. The average Bonchev–Trinajstić information content (AvgIpc) is 3.15. The van der Waals surface area contributed by atoms with Gasteiger partial charge in [0.25, 0.3) is 0 Å². The lowest BCUT2D eigenvalue weighted by Gasteiger charge is -2.23. The molecular weight excluding hydrogens is 336 g/mol. The molecule has 146 valence electrons. The molecule has 27 heavy (non-hydrogen) atoms. The molecule has 1 fully saturated rings. The molecule has 0 aliphatic carbocycles. The Morgan fingerprint density at radius 2 is 1.96 bits per heavy atom. The fourth-order valence-electron chi connectivity index (χ4n) is 3.78. The minimum Gasteiger partial charge on any atom is -0.493 e. The number of methoxy groups -OCH3 is 1. The van der Waals surface area contributed by atoms with Gasteiger partial charge in [-0.05, 0) is 44.5 Å². The fraction of sp³-hybridized carbons (Fsp3) is 0.478. The van der Waals surface area contributed by atoms with Crippen molar-refractivity contribution in [2.75, 3.05) is 26.7 Å². The molecular formula is C23H32N2O2. The van der Waals surface area contributed by atoms with E-state index in [2.05, 4.69) is 54.4 Å². The number of hydrogen-bond acceptors (Lipinski definition) is 4. The summed E-state index contributed by atoms with van der Waals surface area (Å²) < 4.78 is 11.7. The third-order valence-corrected chi connectivity index (χ3v) is 5.38. The van der Waals surface area contributed by atoms with Crippen molar-refractivity contribution in [2.24, 2.45) is 0 Å². The molecule has 0 radical (unpaired) electrons. The van der Waals surface area contributed by atoms with Crippen molar-refractivity contribution in [2.45, 2.75) is 45.9 Å². The summed E-state index contributed by atoms with van der Waals surface area (Å²) in [6, 6.07) is 15.2. The van der Waals surface area contributed by atoms with Crippen molar-refractivity contribution in [3.8, 4) is 11.5 Å². The molecule has 1 N–H and O–H groups in total. The van der Waals surface area contributed by atoms with Crippen molar-refractivity contribution in [1.82, 2.24) is 10.2 Å². The summed E-state index contributed by atoms with van der Waals surface area (Å²) in [5.41, 5.74) is 3.56. The molecule has 3 rings (SSSR count). The third-order valence-electron chi connectivity index (χ3n) is 5.38. The van der Waals surface area contributed by atoms with E-state index in [1.165, 1.54) is 24.9 Å². The van der Waals surface area contributed by atoms with Gasteiger partial charge in [0.15, 0.2) is 11.5 Å². The largest absolute Gasteiger partial charge is 0.493 e. The minimum absolute atomic E-state index is 0.542. The van der Waals surface area contributed by atoms with Crippen LogP contribution in [0.3, 0.4) is 0 Å². The predicted molar refractivity (Wildman–Crippen MR) is 110 cm³/mol. The molecule has 4 nitrogen and oxygen atoms in total. The Morgan fingerprint density at radius 1 is 1.15 bits per heavy atom. The van der Waals surface area contributed by atoms with Crippen LogP contribution in [0.2, 0.25) is 0 Å². The number of likely N-dealkylation sites (tertiary alicyclic amines) is 1. The van der Waals surface area contributed by atoms with Gasteiger partial charge in [-0.25, -0.2) is 0 Å². The van der Waals surface area contributed by atoms with Crippen LogP contribution in [0.1, 0.15) is 36.5 Å². The zero-order chi connectivity index (χ0) is 19.1. The van der Waals surface area contributed by atoms with E-state index in [0.29, 0.717) is 12.6 Å². The maximum absolute atomic E-state index is 6.17. The van der Waals surface area contributed by atoms with Crippen LogP contribution < -0.4 is 14.8 Å². The lowest BCUT2D eigenvalue weighted by molar-refractivity contribution is 0.258. The molecule has 0 amide bonds. The van der Waals surface area contributed by atoms with Crippen LogP contribution in [0.5, 0.6) is 11.5 Å². The number of nitrogens with zero attached hydrogens (tertiary/aromatic N) is 1. The summed E-state index contributed by atoms with van der Waals surface area (Å²) in [5.74, 6) is 1.63. The zero-order valence-electron chi connectivity index (χ0n) is 16.8. The van der Waals surface area contributed by atoms with Crippen LogP contribution in [0.4, 0.5) is 0 Å². The molecule has 0 spiro atoms. The first kappa shape index (κ1) is 19.7. The van der Waals surface area contributed by atoms with E-state index in [0.717, 1.165) is 42.3 Å². The van der Waals surface area contributed by atoms with E-state index >= 15 is 0 Å². The monoisotopic (exact) mass is 368 g/mol. The van der Waals surface area contributed by atoms with Crippen LogP contribution in [0, 0.1) is 6.92 Å². The summed E-state index contributed by atoms with van der Waals surface area (Å²) in [4.78, 5) is 2.56. The van der Waals surface area contributed by atoms with Crippen LogP contribution >= 0.6 is 0 Å². The van der Waals surface area contributed by atoms with Gasteiger partial charge in [-0.1, -0.05) is 48.9 Å². The lowest BCUT2D eigenvalue weighted by Crippen LogP contribution is -2.37. The highest BCUT2D eigenvalue weighted by atomic mass is 16.5. The molecule has 2 aromatic carbocycles. The summed E-state index contributed by atoms with van der Waals surface area (Å²) in [6.07, 6.45) is 2.60. The predicted octanol–water partition coefficient (Wildman–Crippen LogP) is 4.16. The Kier molecular flexibility index (Phi) is 7.13. The Hall–Kier alpha value is -2.04. The van der Waals surface area contributed by atoms with Gasteiger partial charge in [0.1, 0.15) is 6.61 Å². The van der Waals surface area contributed by atoms with Gasteiger partial charge in [0, 0.05) is 24.7 Å². The first-order valence-corrected chi connectivity index (χ1v) is 10.00. The van der Waals surface area contributed by atoms with Crippen molar-refractivity contribution < 1.29 is 9.47 Å². The number of para-hydroxylation sites is 1. The van der Waals surface area contributed by atoms with E-state index in [-0.39, 0.29) is 0 Å². The van der Waals surface area contributed by atoms with Crippen LogP contribution in [-0.2, 0) is 13.2 Å². The molecule has 0 bridgehead atoms. The van der Waals surface area contributed by atoms with Gasteiger partial charge in [-0.2, -0.15) is 0 Å². The standard InChI is InChI=1S/C23H32N2O2/c1-4-25-14-6-8-21(25)16-24-15-20-7-5-9-22(26-3)23(20)27-17-19-12-10-18(2)11-13-19/h5,7,9-13,21,24H,4,6,8,14-17H2,1-3H3. The zero-order valence-corrected chi connectivity index (χ0v) is 16.8. The van der Waals surface area contributed by atoms with E-state index in [9.17, 15) is 0 Å². The number of ether oxygens (including phenoxy) is 2. The highest BCUT2D eigenvalue weighted by Gasteiger charge is 2.22. The topological polar surface area (TPSA) is 33.7 Å². The summed E-state index contributed by atoms with van der Waals surface area (Å²) in [7, 11) is 1.70.